The van der Waals surface area contributed by atoms with Gasteiger partial charge in [0.2, 0.25) is 0 Å². The van der Waals surface area contributed by atoms with Crippen LogP contribution in [0.2, 0.25) is 0 Å². The van der Waals surface area contributed by atoms with Crippen molar-refractivity contribution in [2.75, 3.05) is 6.61 Å². The summed E-state index contributed by atoms with van der Waals surface area (Å²) < 4.78 is 10.3. The van der Waals surface area contributed by atoms with E-state index in [9.17, 15) is 9.90 Å². The van der Waals surface area contributed by atoms with Crippen molar-refractivity contribution in [2.45, 2.75) is 6.92 Å². The van der Waals surface area contributed by atoms with Crippen molar-refractivity contribution >= 4 is 34.5 Å². The predicted octanol–water partition coefficient (Wildman–Crippen LogP) is 4.47. The Bertz CT molecular complexity index is 820. The number of nitrogens with zero attached hydrogens (tertiary/aromatic N) is 1. The van der Waals surface area contributed by atoms with E-state index in [-0.39, 0.29) is 17.9 Å². The number of aliphatic imine (C=N–C) groups is 1. The Balaban J connectivity index is 2.02. The van der Waals surface area contributed by atoms with Crippen LogP contribution in [0.1, 0.15) is 12.7 Å². The summed E-state index contributed by atoms with van der Waals surface area (Å²) in [5.74, 6) is -0.169. The van der Waals surface area contributed by atoms with E-state index in [0.717, 1.165) is 0 Å². The number of hydrogen-bond acceptors (Lipinski definition) is 6. The van der Waals surface area contributed by atoms with Crippen LogP contribution in [-0.2, 0) is 9.53 Å². The number of aliphatic hydroxyl groups excluding tert-OH is 1. The lowest BCUT2D eigenvalue weighted by atomic mass is 10.2. The van der Waals surface area contributed by atoms with E-state index in [1.165, 1.54) is 18.0 Å². The Morgan fingerprint density at radius 1 is 1.29 bits per heavy atom. The van der Waals surface area contributed by atoms with Crippen LogP contribution < -0.4 is 0 Å². The van der Waals surface area contributed by atoms with Crippen molar-refractivity contribution in [3.63, 3.8) is 0 Å². The highest BCUT2D eigenvalue weighted by Gasteiger charge is 2.33. The minimum atomic E-state index is -0.597. The van der Waals surface area contributed by atoms with Gasteiger partial charge in [0.15, 0.2) is 0 Å². The molecule has 0 atom stereocenters. The molecule has 0 fully saturated rings. The Morgan fingerprint density at radius 2 is 2.08 bits per heavy atom. The first-order valence-electron chi connectivity index (χ1n) is 7.37. The summed E-state index contributed by atoms with van der Waals surface area (Å²) in [7, 11) is 0. The average molecular weight is 341 g/mol. The van der Waals surface area contributed by atoms with E-state index in [1.807, 2.05) is 30.3 Å². The van der Waals surface area contributed by atoms with Crippen LogP contribution in [-0.4, -0.2) is 22.7 Å². The smallest absolute Gasteiger partial charge is 0.344 e. The molecule has 0 unspecified atom stereocenters. The third-order valence-electron chi connectivity index (χ3n) is 3.17. The number of thioether (sulfide) groups is 1. The summed E-state index contributed by atoms with van der Waals surface area (Å²) in [4.78, 5) is 17.2. The molecule has 1 N–H and O–H groups in total. The number of hydrogen-bond donors (Lipinski definition) is 1. The standard InChI is InChI=1S/C18H15NO4S/c1-2-22-18(21)15-16(20)14(11-13-9-6-10-23-13)24-17(15)19-12-7-4-3-5-8-12/h3-11,20H,2H2,1H3/b14-11-,19-17?. The molecule has 1 aromatic heterocycles. The number of carbonyl (C=O) groups excluding carboxylic acids is 1. The number of carbonyl (C=O) groups is 1. The van der Waals surface area contributed by atoms with Gasteiger partial charge in [0.1, 0.15) is 22.1 Å². The van der Waals surface area contributed by atoms with Gasteiger partial charge in [-0.05, 0) is 37.3 Å². The summed E-state index contributed by atoms with van der Waals surface area (Å²) in [6.45, 7) is 1.93. The first kappa shape index (κ1) is 16.1. The molecule has 0 spiro atoms. The number of aliphatic hydroxyl groups is 1. The van der Waals surface area contributed by atoms with Crippen molar-refractivity contribution < 1.29 is 19.1 Å². The second kappa shape index (κ2) is 7.23. The molecule has 0 saturated carbocycles. The predicted molar refractivity (Wildman–Crippen MR) is 94.1 cm³/mol. The number of para-hydroxylation sites is 1. The summed E-state index contributed by atoms with van der Waals surface area (Å²) in [5, 5.41) is 10.9. The van der Waals surface area contributed by atoms with Gasteiger partial charge >= 0.3 is 5.97 Å². The lowest BCUT2D eigenvalue weighted by Gasteiger charge is -2.03. The lowest BCUT2D eigenvalue weighted by Crippen LogP contribution is -2.12. The van der Waals surface area contributed by atoms with E-state index in [0.29, 0.717) is 21.4 Å². The van der Waals surface area contributed by atoms with Gasteiger partial charge in [-0.25, -0.2) is 9.79 Å². The van der Waals surface area contributed by atoms with Crippen LogP contribution in [0.15, 0.2) is 74.4 Å². The number of esters is 1. The molecule has 1 aromatic carbocycles. The number of ether oxygens (including phenoxy) is 1. The van der Waals surface area contributed by atoms with Gasteiger partial charge in [0.05, 0.1) is 23.5 Å². The molecule has 1 aliphatic heterocycles. The molecular weight excluding hydrogens is 326 g/mol. The Kier molecular flexibility index (Phi) is 4.86. The Hall–Kier alpha value is -2.73. The highest BCUT2D eigenvalue weighted by Crippen LogP contribution is 2.40. The highest BCUT2D eigenvalue weighted by molar-refractivity contribution is 8.18. The summed E-state index contributed by atoms with van der Waals surface area (Å²) in [5.41, 5.74) is 0.761. The molecule has 3 rings (SSSR count). The molecule has 0 bridgehead atoms. The van der Waals surface area contributed by atoms with Crippen molar-refractivity contribution in [3.05, 3.63) is 70.7 Å². The normalized spacial score (nSPS) is 17.7. The van der Waals surface area contributed by atoms with E-state index >= 15 is 0 Å². The minimum Gasteiger partial charge on any atom is -0.506 e. The van der Waals surface area contributed by atoms with Gasteiger partial charge in [-0.2, -0.15) is 0 Å². The first-order valence-corrected chi connectivity index (χ1v) is 8.18. The van der Waals surface area contributed by atoms with Crippen molar-refractivity contribution in [3.8, 4) is 0 Å². The fourth-order valence-corrected chi connectivity index (χ4v) is 3.13. The number of furan rings is 1. The van der Waals surface area contributed by atoms with Crippen LogP contribution in [0.5, 0.6) is 0 Å². The molecule has 2 aromatic rings. The second-order valence-electron chi connectivity index (χ2n) is 4.82. The SMILES string of the molecule is CCOC(=O)C1=C(O)/C(=C/c2ccco2)SC1=Nc1ccccc1. The molecule has 6 heteroatoms. The van der Waals surface area contributed by atoms with Gasteiger partial charge < -0.3 is 14.3 Å². The molecule has 122 valence electrons. The third-order valence-corrected chi connectivity index (χ3v) is 4.19. The van der Waals surface area contributed by atoms with Crippen molar-refractivity contribution in [1.29, 1.82) is 0 Å². The molecule has 1 aliphatic rings. The van der Waals surface area contributed by atoms with E-state index in [4.69, 9.17) is 9.15 Å². The average Bonchev–Trinajstić information content (AvgIpc) is 3.18. The van der Waals surface area contributed by atoms with Gasteiger partial charge in [0.25, 0.3) is 0 Å². The molecule has 0 amide bonds. The topological polar surface area (TPSA) is 72.0 Å². The first-order chi connectivity index (χ1) is 11.7. The number of rotatable bonds is 4. The largest absolute Gasteiger partial charge is 0.506 e. The Labute approximate surface area is 143 Å². The summed E-state index contributed by atoms with van der Waals surface area (Å²) in [6, 6.07) is 12.7. The number of benzene rings is 1. The molecular formula is C18H15NO4S. The molecule has 0 aliphatic carbocycles. The maximum atomic E-state index is 12.2. The zero-order valence-corrected chi connectivity index (χ0v) is 13.7. The summed E-state index contributed by atoms with van der Waals surface area (Å²) in [6.07, 6.45) is 3.20. The van der Waals surface area contributed by atoms with E-state index in [1.54, 1.807) is 25.1 Å². The van der Waals surface area contributed by atoms with Gasteiger partial charge in [-0.3, -0.25) is 0 Å². The van der Waals surface area contributed by atoms with Gasteiger partial charge in [0, 0.05) is 0 Å². The lowest BCUT2D eigenvalue weighted by molar-refractivity contribution is -0.138. The monoisotopic (exact) mass is 341 g/mol. The van der Waals surface area contributed by atoms with Gasteiger partial charge in [-0.15, -0.1) is 0 Å². The second-order valence-corrected chi connectivity index (χ2v) is 5.85. The fourth-order valence-electron chi connectivity index (χ4n) is 2.11. The Morgan fingerprint density at radius 3 is 2.75 bits per heavy atom. The maximum absolute atomic E-state index is 12.2. The quantitative estimate of drug-likeness (QED) is 0.831. The van der Waals surface area contributed by atoms with Crippen LogP contribution in [0.25, 0.3) is 6.08 Å². The summed E-state index contributed by atoms with van der Waals surface area (Å²) >= 11 is 1.20. The van der Waals surface area contributed by atoms with E-state index < -0.39 is 5.97 Å². The van der Waals surface area contributed by atoms with Crippen molar-refractivity contribution in [2.24, 2.45) is 4.99 Å². The van der Waals surface area contributed by atoms with Crippen LogP contribution in [0, 0.1) is 0 Å². The van der Waals surface area contributed by atoms with Crippen molar-refractivity contribution in [1.82, 2.24) is 0 Å². The molecule has 0 radical (unpaired) electrons. The molecule has 0 saturated heterocycles. The van der Waals surface area contributed by atoms with Gasteiger partial charge in [-0.1, -0.05) is 30.0 Å². The molecule has 5 nitrogen and oxygen atoms in total. The van der Waals surface area contributed by atoms with Crippen LogP contribution >= 0.6 is 11.8 Å². The molecule has 24 heavy (non-hydrogen) atoms. The fraction of sp³-hybridized carbons (Fsp3) is 0.111. The van der Waals surface area contributed by atoms with E-state index in [2.05, 4.69) is 4.99 Å². The zero-order chi connectivity index (χ0) is 16.9. The maximum Gasteiger partial charge on any atom is 0.344 e. The van der Waals surface area contributed by atoms with Crippen LogP contribution in [0.3, 0.4) is 0 Å². The zero-order valence-electron chi connectivity index (χ0n) is 12.9. The minimum absolute atomic E-state index is 0.0727. The molecule has 2 heterocycles. The highest BCUT2D eigenvalue weighted by atomic mass is 32.2. The third kappa shape index (κ3) is 3.44. The van der Waals surface area contributed by atoms with Crippen LogP contribution in [0.4, 0.5) is 5.69 Å².